The highest BCUT2D eigenvalue weighted by Gasteiger charge is 2.40. The highest BCUT2D eigenvalue weighted by Crippen LogP contribution is 2.35. The van der Waals surface area contributed by atoms with Gasteiger partial charge in [0.2, 0.25) is 0 Å². The number of carbonyl (C=O) groups is 1. The summed E-state index contributed by atoms with van der Waals surface area (Å²) in [5.74, 6) is -0.0437. The summed E-state index contributed by atoms with van der Waals surface area (Å²) in [5, 5.41) is 9.54. The zero-order chi connectivity index (χ0) is 22.7. The van der Waals surface area contributed by atoms with E-state index >= 15 is 0 Å². The number of nitriles is 1. The van der Waals surface area contributed by atoms with Crippen LogP contribution >= 0.6 is 0 Å². The monoisotopic (exact) mass is 437 g/mol. The summed E-state index contributed by atoms with van der Waals surface area (Å²) in [6.07, 6.45) is -3.19. The lowest BCUT2D eigenvalue weighted by molar-refractivity contribution is -0.141. The van der Waals surface area contributed by atoms with Crippen molar-refractivity contribution in [3.05, 3.63) is 77.6 Å². The normalized spacial score (nSPS) is 14.2. The molecule has 1 fully saturated rings. The van der Waals surface area contributed by atoms with E-state index in [4.69, 9.17) is 0 Å². The average molecular weight is 437 g/mol. The van der Waals surface area contributed by atoms with Crippen LogP contribution in [0.3, 0.4) is 0 Å². The third kappa shape index (κ3) is 4.25. The van der Waals surface area contributed by atoms with Gasteiger partial charge in [0.1, 0.15) is 11.9 Å². The molecule has 0 atom stereocenters. The van der Waals surface area contributed by atoms with E-state index in [1.165, 1.54) is 4.90 Å². The van der Waals surface area contributed by atoms with E-state index in [0.29, 0.717) is 18.7 Å². The number of carbonyl (C=O) groups excluding carboxylic acids is 1. The summed E-state index contributed by atoms with van der Waals surface area (Å²) in [7, 11) is 0. The second kappa shape index (κ2) is 8.67. The number of anilines is 1. The second-order valence-corrected chi connectivity index (χ2v) is 7.22. The summed E-state index contributed by atoms with van der Waals surface area (Å²) in [6, 6.07) is 16.5. The molecule has 1 amide bonds. The standard InChI is InChI=1S/C23H18F3N5O/c24-23(25,26)21-18(14-17(15-27)20(29-21)16-6-2-1-3-7-16)22(32)31-12-10-30(11-13-31)19-8-4-5-9-28-19/h1-9,14H,10-13H2. The molecule has 1 aliphatic heterocycles. The highest BCUT2D eigenvalue weighted by molar-refractivity contribution is 5.96. The Morgan fingerprint density at radius 1 is 1.00 bits per heavy atom. The van der Waals surface area contributed by atoms with Crippen LogP contribution < -0.4 is 4.90 Å². The summed E-state index contributed by atoms with van der Waals surface area (Å²) in [6.45, 7) is 1.33. The lowest BCUT2D eigenvalue weighted by atomic mass is 10.0. The van der Waals surface area contributed by atoms with Crippen LogP contribution in [0.1, 0.15) is 21.6 Å². The molecule has 3 aromatic rings. The van der Waals surface area contributed by atoms with Crippen LogP contribution in [0, 0.1) is 11.3 Å². The van der Waals surface area contributed by atoms with Crippen molar-refractivity contribution in [3.8, 4) is 17.3 Å². The van der Waals surface area contributed by atoms with Crippen LogP contribution in [-0.4, -0.2) is 47.0 Å². The fourth-order valence-electron chi connectivity index (χ4n) is 3.64. The molecule has 0 spiro atoms. The Bertz CT molecular complexity index is 1150. The number of nitrogens with zero attached hydrogens (tertiary/aromatic N) is 5. The molecule has 6 nitrogen and oxygen atoms in total. The van der Waals surface area contributed by atoms with Gasteiger partial charge in [0.05, 0.1) is 16.8 Å². The van der Waals surface area contributed by atoms with Crippen LogP contribution in [0.4, 0.5) is 19.0 Å². The summed E-state index contributed by atoms with van der Waals surface area (Å²) in [5.41, 5.74) is -1.71. The van der Waals surface area contributed by atoms with Crippen molar-refractivity contribution in [2.45, 2.75) is 6.18 Å². The van der Waals surface area contributed by atoms with Crippen LogP contribution in [0.2, 0.25) is 0 Å². The maximum Gasteiger partial charge on any atom is 0.434 e. The van der Waals surface area contributed by atoms with Crippen LogP contribution in [-0.2, 0) is 6.18 Å². The van der Waals surface area contributed by atoms with Crippen molar-refractivity contribution < 1.29 is 18.0 Å². The zero-order valence-corrected chi connectivity index (χ0v) is 16.9. The van der Waals surface area contributed by atoms with Crippen LogP contribution in [0.15, 0.2) is 60.8 Å². The van der Waals surface area contributed by atoms with Crippen molar-refractivity contribution in [2.75, 3.05) is 31.1 Å². The van der Waals surface area contributed by atoms with E-state index < -0.39 is 23.3 Å². The number of alkyl halides is 3. The molecule has 32 heavy (non-hydrogen) atoms. The number of hydrogen-bond acceptors (Lipinski definition) is 5. The summed E-state index contributed by atoms with van der Waals surface area (Å²) in [4.78, 5) is 24.4. The van der Waals surface area contributed by atoms with E-state index in [1.54, 1.807) is 42.6 Å². The number of aromatic nitrogens is 2. The fourth-order valence-corrected chi connectivity index (χ4v) is 3.64. The van der Waals surface area contributed by atoms with Crippen molar-refractivity contribution in [1.29, 1.82) is 5.26 Å². The Kier molecular flexibility index (Phi) is 5.77. The molecule has 1 aliphatic rings. The minimum atomic E-state index is -4.85. The Morgan fingerprint density at radius 2 is 1.69 bits per heavy atom. The van der Waals surface area contributed by atoms with Gasteiger partial charge < -0.3 is 9.80 Å². The number of amides is 1. The van der Waals surface area contributed by atoms with Gasteiger partial charge in [-0.15, -0.1) is 0 Å². The van der Waals surface area contributed by atoms with Crippen LogP contribution in [0.25, 0.3) is 11.3 Å². The Morgan fingerprint density at radius 3 is 2.28 bits per heavy atom. The molecule has 3 heterocycles. The Balaban J connectivity index is 1.65. The SMILES string of the molecule is N#Cc1cc(C(=O)N2CCN(c3ccccn3)CC2)c(C(F)(F)F)nc1-c1ccccc1. The minimum Gasteiger partial charge on any atom is -0.353 e. The zero-order valence-electron chi connectivity index (χ0n) is 16.9. The first-order valence-electron chi connectivity index (χ1n) is 9.91. The summed E-state index contributed by atoms with van der Waals surface area (Å²) < 4.78 is 41.6. The molecular formula is C23H18F3N5O. The highest BCUT2D eigenvalue weighted by atomic mass is 19.4. The van der Waals surface area contributed by atoms with Crippen molar-refractivity contribution in [1.82, 2.24) is 14.9 Å². The van der Waals surface area contributed by atoms with E-state index in [-0.39, 0.29) is 24.3 Å². The molecule has 2 aromatic heterocycles. The maximum atomic E-state index is 13.9. The van der Waals surface area contributed by atoms with Gasteiger partial charge in [-0.2, -0.15) is 18.4 Å². The predicted octanol–water partition coefficient (Wildman–Crippen LogP) is 4.00. The molecule has 0 unspecified atom stereocenters. The maximum absolute atomic E-state index is 13.9. The fraction of sp³-hybridized carbons (Fsp3) is 0.217. The lowest BCUT2D eigenvalue weighted by Gasteiger charge is -2.35. The van der Waals surface area contributed by atoms with Gasteiger partial charge in [0.15, 0.2) is 5.69 Å². The number of rotatable bonds is 3. The van der Waals surface area contributed by atoms with Gasteiger partial charge in [0.25, 0.3) is 5.91 Å². The smallest absolute Gasteiger partial charge is 0.353 e. The number of halogens is 3. The topological polar surface area (TPSA) is 73.1 Å². The van der Waals surface area contributed by atoms with E-state index in [9.17, 15) is 23.2 Å². The number of piperazine rings is 1. The molecule has 0 aliphatic carbocycles. The van der Waals surface area contributed by atoms with Gasteiger partial charge >= 0.3 is 6.18 Å². The number of pyridine rings is 2. The van der Waals surface area contributed by atoms with Crippen LogP contribution in [0.5, 0.6) is 0 Å². The van der Waals surface area contributed by atoms with Gasteiger partial charge in [-0.1, -0.05) is 36.4 Å². The Labute approximate surface area is 182 Å². The molecule has 9 heteroatoms. The molecule has 0 N–H and O–H groups in total. The molecular weight excluding hydrogens is 419 g/mol. The first-order chi connectivity index (χ1) is 15.4. The number of hydrogen-bond donors (Lipinski definition) is 0. The lowest BCUT2D eigenvalue weighted by Crippen LogP contribution is -2.49. The largest absolute Gasteiger partial charge is 0.434 e. The van der Waals surface area contributed by atoms with Gasteiger partial charge in [-0.3, -0.25) is 4.79 Å². The molecule has 0 radical (unpaired) electrons. The van der Waals surface area contributed by atoms with E-state index in [0.717, 1.165) is 11.9 Å². The quantitative estimate of drug-likeness (QED) is 0.620. The average Bonchev–Trinajstić information content (AvgIpc) is 2.83. The van der Waals surface area contributed by atoms with Crippen molar-refractivity contribution in [3.63, 3.8) is 0 Å². The van der Waals surface area contributed by atoms with Crippen molar-refractivity contribution in [2.24, 2.45) is 0 Å². The van der Waals surface area contributed by atoms with Gasteiger partial charge in [-0.05, 0) is 18.2 Å². The third-order valence-corrected chi connectivity index (χ3v) is 5.23. The minimum absolute atomic E-state index is 0.0836. The molecule has 1 aromatic carbocycles. The Hall–Kier alpha value is -3.93. The molecule has 162 valence electrons. The number of benzene rings is 1. The third-order valence-electron chi connectivity index (χ3n) is 5.23. The van der Waals surface area contributed by atoms with E-state index in [2.05, 4.69) is 9.97 Å². The molecule has 0 saturated carbocycles. The van der Waals surface area contributed by atoms with Crippen molar-refractivity contribution >= 4 is 11.7 Å². The van der Waals surface area contributed by atoms with Gasteiger partial charge in [0, 0.05) is 37.9 Å². The predicted molar refractivity (Wildman–Crippen MR) is 112 cm³/mol. The van der Waals surface area contributed by atoms with E-state index in [1.807, 2.05) is 23.1 Å². The molecule has 0 bridgehead atoms. The first kappa shape index (κ1) is 21.3. The first-order valence-corrected chi connectivity index (χ1v) is 9.91. The van der Waals surface area contributed by atoms with Gasteiger partial charge in [-0.25, -0.2) is 9.97 Å². The molecule has 4 rings (SSSR count). The second-order valence-electron chi connectivity index (χ2n) is 7.22. The molecule has 1 saturated heterocycles. The summed E-state index contributed by atoms with van der Waals surface area (Å²) >= 11 is 0.